The molecule has 0 aliphatic heterocycles. The van der Waals surface area contributed by atoms with Crippen molar-refractivity contribution in [3.8, 4) is 5.75 Å². The van der Waals surface area contributed by atoms with Crippen LogP contribution >= 0.6 is 23.2 Å². The van der Waals surface area contributed by atoms with Crippen molar-refractivity contribution in [3.63, 3.8) is 0 Å². The van der Waals surface area contributed by atoms with E-state index < -0.39 is 0 Å². The Morgan fingerprint density at radius 2 is 1.67 bits per heavy atom. The number of aromatic nitrogens is 1. The number of hydrogen-bond donors (Lipinski definition) is 1. The van der Waals surface area contributed by atoms with Crippen LogP contribution in [0.2, 0.25) is 10.0 Å². The van der Waals surface area contributed by atoms with Gasteiger partial charge in [0, 0.05) is 27.1 Å². The summed E-state index contributed by atoms with van der Waals surface area (Å²) in [4.78, 5) is 14.2. The Bertz CT molecular complexity index is 838. The van der Waals surface area contributed by atoms with Crippen molar-refractivity contribution in [2.45, 2.75) is 6.61 Å². The lowest BCUT2D eigenvalue weighted by molar-refractivity contribution is 0.309. The Balaban J connectivity index is 1.96. The molecule has 0 saturated carbocycles. The van der Waals surface area contributed by atoms with Gasteiger partial charge in [0.25, 0.3) is 0 Å². The van der Waals surface area contributed by atoms with E-state index in [9.17, 15) is 4.79 Å². The van der Waals surface area contributed by atoms with Crippen molar-refractivity contribution in [1.29, 1.82) is 0 Å². The summed E-state index contributed by atoms with van der Waals surface area (Å²) in [5, 5.41) is 2.00. The summed E-state index contributed by atoms with van der Waals surface area (Å²) in [5.74, 6) is 0.584. The molecule has 0 unspecified atom stereocenters. The minimum absolute atomic E-state index is 0.172. The first-order valence-electron chi connectivity index (χ1n) is 6.33. The number of para-hydroxylation sites is 1. The summed E-state index contributed by atoms with van der Waals surface area (Å²) in [6.45, 7) is 0.231. The van der Waals surface area contributed by atoms with Gasteiger partial charge in [-0.3, -0.25) is 4.79 Å². The quantitative estimate of drug-likeness (QED) is 0.776. The molecular weight excluding hydrogens is 309 g/mol. The summed E-state index contributed by atoms with van der Waals surface area (Å²) < 4.78 is 5.78. The van der Waals surface area contributed by atoms with Crippen molar-refractivity contribution in [2.24, 2.45) is 0 Å². The second-order valence-corrected chi connectivity index (χ2v) is 5.35. The molecule has 21 heavy (non-hydrogen) atoms. The lowest BCUT2D eigenvalue weighted by atomic mass is 10.2. The van der Waals surface area contributed by atoms with E-state index in [2.05, 4.69) is 4.98 Å². The average Bonchev–Trinajstić information content (AvgIpc) is 2.47. The molecule has 1 N–H and O–H groups in total. The van der Waals surface area contributed by atoms with Crippen LogP contribution in [0.1, 0.15) is 5.56 Å². The average molecular weight is 320 g/mol. The van der Waals surface area contributed by atoms with Gasteiger partial charge in [-0.05, 0) is 24.3 Å². The molecule has 2 aromatic carbocycles. The zero-order valence-electron chi connectivity index (χ0n) is 10.9. The van der Waals surface area contributed by atoms with E-state index in [0.717, 1.165) is 10.9 Å². The first-order chi connectivity index (χ1) is 10.1. The van der Waals surface area contributed by atoms with Crippen LogP contribution in [-0.2, 0) is 6.61 Å². The Morgan fingerprint density at radius 3 is 2.43 bits per heavy atom. The number of hydrogen-bond acceptors (Lipinski definition) is 2. The summed E-state index contributed by atoms with van der Waals surface area (Å²) in [6.07, 6.45) is 0. The topological polar surface area (TPSA) is 42.1 Å². The van der Waals surface area contributed by atoms with Crippen LogP contribution in [0.5, 0.6) is 5.75 Å². The number of rotatable bonds is 3. The number of fused-ring (bicyclic) bond motifs is 1. The highest BCUT2D eigenvalue weighted by molar-refractivity contribution is 6.35. The largest absolute Gasteiger partial charge is 0.487 e. The molecular formula is C16H11Cl2NO2. The SMILES string of the molecule is O=c1ccc2cccc(OCc3c(Cl)cccc3Cl)c2[nH]1. The maximum absolute atomic E-state index is 11.5. The molecule has 3 rings (SSSR count). The third-order valence-corrected chi connectivity index (χ3v) is 3.86. The van der Waals surface area contributed by atoms with E-state index in [1.165, 1.54) is 6.07 Å². The first-order valence-corrected chi connectivity index (χ1v) is 7.08. The van der Waals surface area contributed by atoms with Gasteiger partial charge in [0.1, 0.15) is 12.4 Å². The molecule has 0 amide bonds. The fourth-order valence-corrected chi connectivity index (χ4v) is 2.60. The summed E-state index contributed by atoms with van der Waals surface area (Å²) >= 11 is 12.2. The molecule has 3 aromatic rings. The maximum Gasteiger partial charge on any atom is 0.248 e. The van der Waals surface area contributed by atoms with Gasteiger partial charge in [0.2, 0.25) is 5.56 Å². The number of H-pyrrole nitrogens is 1. The number of halogens is 2. The van der Waals surface area contributed by atoms with E-state index in [1.54, 1.807) is 30.3 Å². The van der Waals surface area contributed by atoms with Gasteiger partial charge in [0.15, 0.2) is 0 Å². The van der Waals surface area contributed by atoms with Gasteiger partial charge >= 0.3 is 0 Å². The molecule has 5 heteroatoms. The zero-order chi connectivity index (χ0) is 14.8. The number of pyridine rings is 1. The lowest BCUT2D eigenvalue weighted by Crippen LogP contribution is -2.04. The van der Waals surface area contributed by atoms with Gasteiger partial charge < -0.3 is 9.72 Å². The number of aromatic amines is 1. The number of ether oxygens (including phenoxy) is 1. The van der Waals surface area contributed by atoms with Gasteiger partial charge in [-0.25, -0.2) is 0 Å². The summed E-state index contributed by atoms with van der Waals surface area (Å²) in [7, 11) is 0. The van der Waals surface area contributed by atoms with Crippen LogP contribution in [-0.4, -0.2) is 4.98 Å². The van der Waals surface area contributed by atoms with Crippen LogP contribution in [0.3, 0.4) is 0 Å². The van der Waals surface area contributed by atoms with Crippen LogP contribution in [0, 0.1) is 0 Å². The monoisotopic (exact) mass is 319 g/mol. The second kappa shape index (κ2) is 5.80. The van der Waals surface area contributed by atoms with E-state index >= 15 is 0 Å². The molecule has 0 radical (unpaired) electrons. The molecule has 0 saturated heterocycles. The third kappa shape index (κ3) is 2.89. The smallest absolute Gasteiger partial charge is 0.248 e. The molecule has 0 bridgehead atoms. The molecule has 0 aliphatic rings. The van der Waals surface area contributed by atoms with Gasteiger partial charge in [0.05, 0.1) is 5.52 Å². The highest BCUT2D eigenvalue weighted by Crippen LogP contribution is 2.28. The van der Waals surface area contributed by atoms with Crippen LogP contribution in [0.4, 0.5) is 0 Å². The van der Waals surface area contributed by atoms with Gasteiger partial charge in [-0.1, -0.05) is 41.4 Å². The fourth-order valence-electron chi connectivity index (χ4n) is 2.09. The first kappa shape index (κ1) is 14.0. The third-order valence-electron chi connectivity index (χ3n) is 3.15. The molecule has 1 heterocycles. The van der Waals surface area contributed by atoms with Crippen molar-refractivity contribution in [2.75, 3.05) is 0 Å². The van der Waals surface area contributed by atoms with E-state index in [0.29, 0.717) is 21.3 Å². The lowest BCUT2D eigenvalue weighted by Gasteiger charge is -2.11. The zero-order valence-corrected chi connectivity index (χ0v) is 12.4. The van der Waals surface area contributed by atoms with Gasteiger partial charge in [-0.15, -0.1) is 0 Å². The molecule has 1 aromatic heterocycles. The standard InChI is InChI=1S/C16H11Cl2NO2/c17-12-4-2-5-13(18)11(12)9-21-14-6-1-3-10-7-8-15(20)19-16(10)14/h1-8H,9H2,(H,19,20). The van der Waals surface area contributed by atoms with Crippen LogP contribution in [0.25, 0.3) is 10.9 Å². The van der Waals surface area contributed by atoms with Crippen LogP contribution in [0.15, 0.2) is 53.3 Å². The van der Waals surface area contributed by atoms with E-state index in [4.69, 9.17) is 27.9 Å². The molecule has 106 valence electrons. The van der Waals surface area contributed by atoms with Crippen molar-refractivity contribution < 1.29 is 4.74 Å². The number of nitrogens with one attached hydrogen (secondary N) is 1. The maximum atomic E-state index is 11.5. The predicted molar refractivity (Wildman–Crippen MR) is 85.4 cm³/mol. The second-order valence-electron chi connectivity index (χ2n) is 4.53. The van der Waals surface area contributed by atoms with Crippen molar-refractivity contribution >= 4 is 34.1 Å². The van der Waals surface area contributed by atoms with Crippen LogP contribution < -0.4 is 10.3 Å². The molecule has 0 atom stereocenters. The van der Waals surface area contributed by atoms with Crippen molar-refractivity contribution in [3.05, 3.63) is 74.5 Å². The normalized spacial score (nSPS) is 10.8. The highest BCUT2D eigenvalue weighted by atomic mass is 35.5. The van der Waals surface area contributed by atoms with Gasteiger partial charge in [-0.2, -0.15) is 0 Å². The fraction of sp³-hybridized carbons (Fsp3) is 0.0625. The predicted octanol–water partition coefficient (Wildman–Crippen LogP) is 4.41. The Hall–Kier alpha value is -1.97. The van der Waals surface area contributed by atoms with E-state index in [-0.39, 0.29) is 12.2 Å². The summed E-state index contributed by atoms with van der Waals surface area (Å²) in [6, 6.07) is 14.1. The Kier molecular flexibility index (Phi) is 3.86. The summed E-state index contributed by atoms with van der Waals surface area (Å²) in [5.41, 5.74) is 1.21. The minimum Gasteiger partial charge on any atom is -0.487 e. The Labute approximate surface area is 131 Å². The number of benzene rings is 2. The van der Waals surface area contributed by atoms with Crippen molar-refractivity contribution in [1.82, 2.24) is 4.98 Å². The minimum atomic E-state index is -0.172. The molecule has 0 aliphatic carbocycles. The Morgan fingerprint density at radius 1 is 0.952 bits per heavy atom. The molecule has 0 spiro atoms. The highest BCUT2D eigenvalue weighted by Gasteiger charge is 2.08. The van der Waals surface area contributed by atoms with E-state index in [1.807, 2.05) is 12.1 Å². The molecule has 0 fully saturated rings. The molecule has 3 nitrogen and oxygen atoms in total.